The summed E-state index contributed by atoms with van der Waals surface area (Å²) >= 11 is 0. The Balaban J connectivity index is 1.25. The number of rotatable bonds is 8. The molecule has 0 nitrogen and oxygen atoms in total. The zero-order valence-corrected chi connectivity index (χ0v) is 24.9. The van der Waals surface area contributed by atoms with Crippen LogP contribution in [0.2, 0.25) is 0 Å². The second-order valence-electron chi connectivity index (χ2n) is 13.6. The quantitative estimate of drug-likeness (QED) is 0.157. The fraction of sp³-hybridized carbons (Fsp3) is 0.590. The Kier molecular flexibility index (Phi) is 8.77. The Bertz CT molecular complexity index is 1260. The monoisotopic (exact) mass is 520 g/mol. The van der Waals surface area contributed by atoms with Gasteiger partial charge in [0.25, 0.3) is 0 Å². The van der Waals surface area contributed by atoms with Crippen LogP contribution >= 0.6 is 0 Å². The van der Waals surface area contributed by atoms with Gasteiger partial charge in [-0.1, -0.05) is 101 Å². The highest BCUT2D eigenvalue weighted by Gasteiger charge is 2.27. The van der Waals surface area contributed by atoms with Gasteiger partial charge in [0.1, 0.15) is 0 Å². The molecule has 0 bridgehead atoms. The van der Waals surface area contributed by atoms with Gasteiger partial charge in [0.15, 0.2) is 0 Å². The van der Waals surface area contributed by atoms with E-state index in [2.05, 4.69) is 68.5 Å². The van der Waals surface area contributed by atoms with E-state index >= 15 is 0 Å². The number of hydrogen-bond acceptors (Lipinski definition) is 0. The molecule has 3 aromatic rings. The van der Waals surface area contributed by atoms with Crippen molar-refractivity contribution in [1.82, 2.24) is 0 Å². The molecule has 0 saturated heterocycles. The molecule has 0 N–H and O–H groups in total. The molecule has 0 amide bonds. The molecule has 0 spiro atoms. The van der Waals surface area contributed by atoms with Crippen molar-refractivity contribution in [3.8, 4) is 0 Å². The van der Waals surface area contributed by atoms with Crippen molar-refractivity contribution in [2.24, 2.45) is 23.7 Å². The van der Waals surface area contributed by atoms with E-state index in [1.54, 1.807) is 22.1 Å². The van der Waals surface area contributed by atoms with Crippen molar-refractivity contribution in [2.75, 3.05) is 0 Å². The molecular formula is C39H52. The molecule has 1 atom stereocenters. The van der Waals surface area contributed by atoms with Gasteiger partial charge in [-0.25, -0.2) is 0 Å². The van der Waals surface area contributed by atoms with Crippen molar-refractivity contribution < 1.29 is 0 Å². The summed E-state index contributed by atoms with van der Waals surface area (Å²) in [4.78, 5) is 0. The molecule has 0 aliphatic heterocycles. The number of allylic oxidation sites excluding steroid dienone is 2. The molecule has 3 aliphatic rings. The van der Waals surface area contributed by atoms with Gasteiger partial charge in [-0.15, -0.1) is 0 Å². The van der Waals surface area contributed by atoms with Crippen molar-refractivity contribution in [3.63, 3.8) is 0 Å². The van der Waals surface area contributed by atoms with Crippen LogP contribution in [0.3, 0.4) is 0 Å². The highest BCUT2D eigenvalue weighted by atomic mass is 14.3. The van der Waals surface area contributed by atoms with Crippen molar-refractivity contribution in [1.29, 1.82) is 0 Å². The maximum Gasteiger partial charge on any atom is -0.00996 e. The normalized spacial score (nSPS) is 27.8. The predicted molar refractivity (Wildman–Crippen MR) is 171 cm³/mol. The van der Waals surface area contributed by atoms with Crippen LogP contribution in [0.1, 0.15) is 126 Å². The first-order valence-electron chi connectivity index (χ1n) is 16.9. The average Bonchev–Trinajstić information content (AvgIpc) is 3.00. The summed E-state index contributed by atoms with van der Waals surface area (Å²) in [7, 11) is 0. The maximum absolute atomic E-state index is 2.63. The lowest BCUT2D eigenvalue weighted by Crippen LogP contribution is -2.17. The lowest BCUT2D eigenvalue weighted by atomic mass is 9.73. The second-order valence-corrected chi connectivity index (χ2v) is 13.6. The molecule has 39 heavy (non-hydrogen) atoms. The van der Waals surface area contributed by atoms with E-state index in [-0.39, 0.29) is 0 Å². The maximum atomic E-state index is 2.63. The highest BCUT2D eigenvalue weighted by Crippen LogP contribution is 2.45. The molecule has 6 rings (SSSR count). The van der Waals surface area contributed by atoms with Crippen LogP contribution in [-0.4, -0.2) is 0 Å². The summed E-state index contributed by atoms with van der Waals surface area (Å²) in [6, 6.07) is 16.8. The molecule has 2 fully saturated rings. The first-order chi connectivity index (χ1) is 19.2. The smallest absolute Gasteiger partial charge is 0.00996 e. The molecule has 3 aliphatic carbocycles. The summed E-state index contributed by atoms with van der Waals surface area (Å²) in [6.07, 6.45) is 27.5. The lowest BCUT2D eigenvalue weighted by molar-refractivity contribution is 0.303. The molecule has 0 aromatic heterocycles. The fourth-order valence-electron chi connectivity index (χ4n) is 8.58. The molecule has 0 heterocycles. The highest BCUT2D eigenvalue weighted by molar-refractivity contribution is 6.10. The van der Waals surface area contributed by atoms with Crippen LogP contribution in [0.4, 0.5) is 0 Å². The lowest BCUT2D eigenvalue weighted by Gasteiger charge is -2.32. The average molecular weight is 521 g/mol. The van der Waals surface area contributed by atoms with Crippen LogP contribution in [0, 0.1) is 23.7 Å². The summed E-state index contributed by atoms with van der Waals surface area (Å²) in [5.41, 5.74) is 5.03. The van der Waals surface area contributed by atoms with Crippen LogP contribution in [-0.2, 0) is 12.8 Å². The predicted octanol–water partition coefficient (Wildman–Crippen LogP) is 11.7. The largest absolute Gasteiger partial charge is 0.0851 e. The number of benzene rings is 3. The van der Waals surface area contributed by atoms with Gasteiger partial charge in [0.2, 0.25) is 0 Å². The number of fused-ring (bicyclic) bond motifs is 5. The minimum Gasteiger partial charge on any atom is -0.0851 e. The number of unbranched alkanes of at least 4 members (excludes halogenated alkanes) is 2. The Morgan fingerprint density at radius 3 is 2.28 bits per heavy atom. The second kappa shape index (κ2) is 12.6. The first-order valence-corrected chi connectivity index (χ1v) is 16.9. The molecule has 0 radical (unpaired) electrons. The van der Waals surface area contributed by atoms with E-state index in [9.17, 15) is 0 Å². The standard InChI is InChI=1S/C39H52/c1-3-5-6-9-29-18-21-32(22-19-29)38-27-33-10-7-8-11-35(33)37-25-23-34-26-31(20-24-36(34)39(37)38)17-16-30-14-12-28(4-2)13-15-30/h7-8,10-11,16-17,23,25,27-32H,3-6,9,12-15,18-22,24,26H2,1-2H3. The van der Waals surface area contributed by atoms with E-state index in [0.717, 1.165) is 29.6 Å². The van der Waals surface area contributed by atoms with Crippen molar-refractivity contribution in [2.45, 2.75) is 122 Å². The van der Waals surface area contributed by atoms with Crippen LogP contribution < -0.4 is 0 Å². The van der Waals surface area contributed by atoms with E-state index < -0.39 is 0 Å². The third kappa shape index (κ3) is 6.01. The summed E-state index contributed by atoms with van der Waals surface area (Å²) in [5.74, 6) is 4.26. The van der Waals surface area contributed by atoms with Gasteiger partial charge in [-0.05, 0) is 138 Å². The van der Waals surface area contributed by atoms with Gasteiger partial charge in [0.05, 0.1) is 0 Å². The molecule has 3 aromatic carbocycles. The molecule has 0 heteroatoms. The van der Waals surface area contributed by atoms with E-state index in [4.69, 9.17) is 0 Å². The number of aryl methyl sites for hydroxylation is 1. The summed E-state index contributed by atoms with van der Waals surface area (Å²) in [5, 5.41) is 6.07. The SMILES string of the molecule is CCCCCC1CCC(c2cc3ccccc3c3ccc4c(c23)CCC(C=CC2CCC(CC)CC2)C4)CC1. The minimum absolute atomic E-state index is 0.723. The van der Waals surface area contributed by atoms with Crippen molar-refractivity contribution >= 4 is 21.5 Å². The van der Waals surface area contributed by atoms with Crippen LogP contribution in [0.25, 0.3) is 21.5 Å². The molecule has 1 unspecified atom stereocenters. The van der Waals surface area contributed by atoms with Crippen molar-refractivity contribution in [3.05, 3.63) is 71.3 Å². The molecule has 2 saturated carbocycles. The fourth-order valence-corrected chi connectivity index (χ4v) is 8.58. The van der Waals surface area contributed by atoms with Gasteiger partial charge in [-0.3, -0.25) is 0 Å². The Morgan fingerprint density at radius 2 is 1.49 bits per heavy atom. The van der Waals surface area contributed by atoms with Gasteiger partial charge >= 0.3 is 0 Å². The van der Waals surface area contributed by atoms with E-state index in [1.807, 2.05) is 0 Å². The molecular weight excluding hydrogens is 468 g/mol. The first kappa shape index (κ1) is 27.1. The molecule has 208 valence electrons. The Morgan fingerprint density at radius 1 is 0.718 bits per heavy atom. The Labute approximate surface area is 238 Å². The van der Waals surface area contributed by atoms with E-state index in [1.165, 1.54) is 119 Å². The van der Waals surface area contributed by atoms with Gasteiger partial charge in [-0.2, -0.15) is 0 Å². The summed E-state index contributed by atoms with van der Waals surface area (Å²) in [6.45, 7) is 4.71. The van der Waals surface area contributed by atoms with Crippen LogP contribution in [0.15, 0.2) is 54.6 Å². The van der Waals surface area contributed by atoms with E-state index in [0.29, 0.717) is 0 Å². The zero-order valence-electron chi connectivity index (χ0n) is 24.9. The Hall–Kier alpha value is -2.08. The third-order valence-corrected chi connectivity index (χ3v) is 11.1. The third-order valence-electron chi connectivity index (χ3n) is 11.1. The zero-order chi connectivity index (χ0) is 26.6. The minimum atomic E-state index is 0.723. The van der Waals surface area contributed by atoms with Gasteiger partial charge < -0.3 is 0 Å². The number of hydrogen-bond donors (Lipinski definition) is 0. The van der Waals surface area contributed by atoms with Crippen LogP contribution in [0.5, 0.6) is 0 Å². The summed E-state index contributed by atoms with van der Waals surface area (Å²) < 4.78 is 0. The van der Waals surface area contributed by atoms with Gasteiger partial charge in [0, 0.05) is 0 Å². The topological polar surface area (TPSA) is 0 Å².